The number of benzene rings is 1. The Labute approximate surface area is 173 Å². The molecule has 9 heteroatoms. The van der Waals surface area contributed by atoms with Crippen LogP contribution in [0.3, 0.4) is 0 Å². The molecule has 2 aliphatic rings. The van der Waals surface area contributed by atoms with Gasteiger partial charge in [0.2, 0.25) is 5.91 Å². The summed E-state index contributed by atoms with van der Waals surface area (Å²) in [5.41, 5.74) is 1.79. The van der Waals surface area contributed by atoms with E-state index in [4.69, 9.17) is 0 Å². The van der Waals surface area contributed by atoms with Gasteiger partial charge in [-0.1, -0.05) is 12.1 Å². The molecule has 1 saturated heterocycles. The normalized spacial score (nSPS) is 17.1. The predicted octanol–water partition coefficient (Wildman–Crippen LogP) is 1.87. The van der Waals surface area contributed by atoms with Crippen molar-refractivity contribution in [3.05, 3.63) is 48.3 Å². The highest BCUT2D eigenvalue weighted by atomic mass is 16.2. The van der Waals surface area contributed by atoms with Gasteiger partial charge in [-0.3, -0.25) is 9.59 Å². The van der Waals surface area contributed by atoms with E-state index in [0.29, 0.717) is 16.9 Å². The van der Waals surface area contributed by atoms with E-state index in [2.05, 4.69) is 30.8 Å². The Morgan fingerprint density at radius 2 is 1.80 bits per heavy atom. The standard InChI is InChI=1S/C21H23N7O2/c29-20(24-17-4-2-1-3-16(17)21(30)23-15-5-6-15)14-9-11-27(12-10-14)19-8-7-18-25-22-13-28(18)26-19/h1-4,7-8,13-15H,5-6,9-12H2,(H,23,30)(H,24,29). The molecular weight excluding hydrogens is 382 g/mol. The topological polar surface area (TPSA) is 105 Å². The summed E-state index contributed by atoms with van der Waals surface area (Å²) < 4.78 is 1.65. The van der Waals surface area contributed by atoms with E-state index < -0.39 is 0 Å². The lowest BCUT2D eigenvalue weighted by Gasteiger charge is -2.32. The van der Waals surface area contributed by atoms with Gasteiger partial charge in [-0.2, -0.15) is 4.52 Å². The largest absolute Gasteiger partial charge is 0.355 e. The number of nitrogens with zero attached hydrogens (tertiary/aromatic N) is 5. The fourth-order valence-corrected chi connectivity index (χ4v) is 3.77. The van der Waals surface area contributed by atoms with Gasteiger partial charge >= 0.3 is 0 Å². The number of fused-ring (bicyclic) bond motifs is 1. The Morgan fingerprint density at radius 3 is 2.60 bits per heavy atom. The highest BCUT2D eigenvalue weighted by Gasteiger charge is 2.28. The van der Waals surface area contributed by atoms with Crippen molar-refractivity contribution in [2.45, 2.75) is 31.7 Å². The fraction of sp³-hybridized carbons (Fsp3) is 0.381. The monoisotopic (exact) mass is 405 g/mol. The van der Waals surface area contributed by atoms with Gasteiger partial charge in [-0.15, -0.1) is 15.3 Å². The number of para-hydroxylation sites is 1. The quantitative estimate of drug-likeness (QED) is 0.672. The number of hydrogen-bond donors (Lipinski definition) is 2. The second kappa shape index (κ2) is 7.74. The molecule has 0 atom stereocenters. The molecule has 0 spiro atoms. The van der Waals surface area contributed by atoms with Crippen molar-refractivity contribution in [3.8, 4) is 0 Å². The van der Waals surface area contributed by atoms with E-state index >= 15 is 0 Å². The molecule has 0 radical (unpaired) electrons. The summed E-state index contributed by atoms with van der Waals surface area (Å²) in [4.78, 5) is 27.5. The van der Waals surface area contributed by atoms with Crippen molar-refractivity contribution >= 4 is 29.0 Å². The first-order valence-corrected chi connectivity index (χ1v) is 10.3. The summed E-state index contributed by atoms with van der Waals surface area (Å²) in [5, 5.41) is 18.3. The maximum absolute atomic E-state index is 12.9. The first kappa shape index (κ1) is 18.5. The van der Waals surface area contributed by atoms with Crippen LogP contribution in [0.25, 0.3) is 5.65 Å². The lowest BCUT2D eigenvalue weighted by molar-refractivity contribution is -0.120. The van der Waals surface area contributed by atoms with Crippen LogP contribution in [0.15, 0.2) is 42.7 Å². The molecule has 1 aliphatic carbocycles. The third-order valence-electron chi connectivity index (χ3n) is 5.68. The van der Waals surface area contributed by atoms with Crippen LogP contribution in [0, 0.1) is 5.92 Å². The number of piperidine rings is 1. The van der Waals surface area contributed by atoms with Crippen molar-refractivity contribution in [2.75, 3.05) is 23.3 Å². The van der Waals surface area contributed by atoms with Crippen LogP contribution in [-0.2, 0) is 4.79 Å². The maximum Gasteiger partial charge on any atom is 0.253 e. The molecule has 0 unspecified atom stereocenters. The van der Waals surface area contributed by atoms with Gasteiger partial charge in [-0.05, 0) is 49.9 Å². The molecule has 2 fully saturated rings. The van der Waals surface area contributed by atoms with Gasteiger partial charge in [0.25, 0.3) is 5.91 Å². The number of rotatable bonds is 5. The Hall–Kier alpha value is -3.49. The number of carbonyl (C=O) groups excluding carboxylic acids is 2. The molecule has 154 valence electrons. The molecule has 1 saturated carbocycles. The summed E-state index contributed by atoms with van der Waals surface area (Å²) in [6, 6.07) is 11.3. The lowest BCUT2D eigenvalue weighted by atomic mass is 9.95. The lowest BCUT2D eigenvalue weighted by Crippen LogP contribution is -2.39. The summed E-state index contributed by atoms with van der Waals surface area (Å²) in [7, 11) is 0. The third kappa shape index (κ3) is 3.83. The van der Waals surface area contributed by atoms with Crippen LogP contribution in [0.4, 0.5) is 11.5 Å². The van der Waals surface area contributed by atoms with E-state index in [1.165, 1.54) is 0 Å². The molecule has 1 aliphatic heterocycles. The predicted molar refractivity (Wildman–Crippen MR) is 111 cm³/mol. The Bertz CT molecular complexity index is 1080. The Kier molecular flexibility index (Phi) is 4.78. The molecule has 5 rings (SSSR count). The Morgan fingerprint density at radius 1 is 1.00 bits per heavy atom. The second-order valence-corrected chi connectivity index (χ2v) is 7.87. The second-order valence-electron chi connectivity index (χ2n) is 7.87. The van der Waals surface area contributed by atoms with Crippen LogP contribution < -0.4 is 15.5 Å². The molecule has 3 heterocycles. The molecule has 2 amide bonds. The van der Waals surface area contributed by atoms with Crippen molar-refractivity contribution < 1.29 is 9.59 Å². The molecule has 0 bridgehead atoms. The first-order valence-electron chi connectivity index (χ1n) is 10.3. The highest BCUT2D eigenvalue weighted by Crippen LogP contribution is 2.25. The minimum absolute atomic E-state index is 0.0384. The average Bonchev–Trinajstić information content (AvgIpc) is 3.46. The van der Waals surface area contributed by atoms with E-state index in [9.17, 15) is 9.59 Å². The average molecular weight is 405 g/mol. The maximum atomic E-state index is 12.9. The smallest absolute Gasteiger partial charge is 0.253 e. The molecule has 9 nitrogen and oxygen atoms in total. The first-order chi connectivity index (χ1) is 14.7. The minimum atomic E-state index is -0.126. The van der Waals surface area contributed by atoms with Crippen LogP contribution in [-0.4, -0.2) is 50.8 Å². The van der Waals surface area contributed by atoms with Crippen molar-refractivity contribution in [1.82, 2.24) is 25.1 Å². The molecule has 30 heavy (non-hydrogen) atoms. The van der Waals surface area contributed by atoms with Gasteiger partial charge in [0.15, 0.2) is 5.65 Å². The van der Waals surface area contributed by atoms with Crippen LogP contribution >= 0.6 is 0 Å². The van der Waals surface area contributed by atoms with Crippen LogP contribution in [0.5, 0.6) is 0 Å². The number of carbonyl (C=O) groups is 2. The summed E-state index contributed by atoms with van der Waals surface area (Å²) in [6.07, 6.45) is 5.08. The van der Waals surface area contributed by atoms with Gasteiger partial charge in [0.1, 0.15) is 12.1 Å². The minimum Gasteiger partial charge on any atom is -0.355 e. The molecule has 1 aromatic carbocycles. The number of amides is 2. The zero-order chi connectivity index (χ0) is 20.5. The van der Waals surface area contributed by atoms with Crippen LogP contribution in [0.1, 0.15) is 36.0 Å². The third-order valence-corrected chi connectivity index (χ3v) is 5.68. The SMILES string of the molecule is O=C(NC1CC1)c1ccccc1NC(=O)C1CCN(c2ccc3nncn3n2)CC1. The van der Waals surface area contributed by atoms with E-state index in [1.807, 2.05) is 24.3 Å². The molecular formula is C21H23N7O2. The summed E-state index contributed by atoms with van der Waals surface area (Å²) in [5.74, 6) is 0.588. The van der Waals surface area contributed by atoms with E-state index in [0.717, 1.165) is 44.6 Å². The van der Waals surface area contributed by atoms with Gasteiger partial charge < -0.3 is 15.5 Å². The van der Waals surface area contributed by atoms with Gasteiger partial charge in [0, 0.05) is 25.0 Å². The number of nitrogens with one attached hydrogen (secondary N) is 2. The van der Waals surface area contributed by atoms with E-state index in [1.54, 1.807) is 23.0 Å². The van der Waals surface area contributed by atoms with Gasteiger partial charge in [0.05, 0.1) is 11.3 Å². The zero-order valence-corrected chi connectivity index (χ0v) is 16.5. The number of anilines is 2. The van der Waals surface area contributed by atoms with Gasteiger partial charge in [-0.25, -0.2) is 0 Å². The van der Waals surface area contributed by atoms with Crippen LogP contribution in [0.2, 0.25) is 0 Å². The molecule has 2 N–H and O–H groups in total. The van der Waals surface area contributed by atoms with Crippen molar-refractivity contribution in [1.29, 1.82) is 0 Å². The van der Waals surface area contributed by atoms with E-state index in [-0.39, 0.29) is 23.8 Å². The van der Waals surface area contributed by atoms with Crippen molar-refractivity contribution in [2.24, 2.45) is 5.92 Å². The zero-order valence-electron chi connectivity index (χ0n) is 16.5. The fourth-order valence-electron chi connectivity index (χ4n) is 3.77. The number of aromatic nitrogens is 4. The van der Waals surface area contributed by atoms with Crippen molar-refractivity contribution in [3.63, 3.8) is 0 Å². The number of hydrogen-bond acceptors (Lipinski definition) is 6. The summed E-state index contributed by atoms with van der Waals surface area (Å²) in [6.45, 7) is 1.48. The summed E-state index contributed by atoms with van der Waals surface area (Å²) >= 11 is 0. The Balaban J connectivity index is 1.21. The highest BCUT2D eigenvalue weighted by molar-refractivity contribution is 6.04. The molecule has 3 aromatic rings. The molecule has 2 aromatic heterocycles.